The van der Waals surface area contributed by atoms with E-state index in [0.717, 1.165) is 13.0 Å². The lowest BCUT2D eigenvalue weighted by molar-refractivity contribution is 0.442. The van der Waals surface area contributed by atoms with Gasteiger partial charge in [0.1, 0.15) is 0 Å². The zero-order valence-corrected chi connectivity index (χ0v) is 12.7. The predicted molar refractivity (Wildman–Crippen MR) is 83.8 cm³/mol. The first-order valence-corrected chi connectivity index (χ1v) is 7.59. The molecule has 2 heteroatoms. The Balaban J connectivity index is 2.15. The summed E-state index contributed by atoms with van der Waals surface area (Å²) in [5, 5.41) is 0. The molecule has 0 saturated carbocycles. The molecule has 1 heterocycles. The maximum atomic E-state index is 5.75. The number of nitrogens with zero attached hydrogens (tertiary/aromatic N) is 1. The summed E-state index contributed by atoms with van der Waals surface area (Å²) in [6.07, 6.45) is 5.06. The molecule has 0 aromatic heterocycles. The molecule has 106 valence electrons. The molecule has 2 rings (SSSR count). The van der Waals surface area contributed by atoms with E-state index >= 15 is 0 Å². The zero-order chi connectivity index (χ0) is 13.9. The van der Waals surface area contributed by atoms with Crippen LogP contribution in [0.25, 0.3) is 0 Å². The lowest BCUT2D eigenvalue weighted by atomic mass is 9.87. The van der Waals surface area contributed by atoms with Crippen LogP contribution >= 0.6 is 0 Å². The fourth-order valence-corrected chi connectivity index (χ4v) is 2.99. The molecule has 1 aromatic rings. The number of benzene rings is 1. The molecule has 1 unspecified atom stereocenters. The summed E-state index contributed by atoms with van der Waals surface area (Å²) < 4.78 is 0. The molecule has 19 heavy (non-hydrogen) atoms. The molecule has 2 N–H and O–H groups in total. The molecule has 0 spiro atoms. The van der Waals surface area contributed by atoms with E-state index in [1.54, 1.807) is 0 Å². The molecule has 1 aliphatic heterocycles. The van der Waals surface area contributed by atoms with Crippen LogP contribution < -0.4 is 10.6 Å². The van der Waals surface area contributed by atoms with Crippen LogP contribution in [0.1, 0.15) is 52.0 Å². The molecule has 0 radical (unpaired) electrons. The summed E-state index contributed by atoms with van der Waals surface area (Å²) in [6.45, 7) is 8.77. The number of hydrogen-bond donors (Lipinski definition) is 1. The minimum Gasteiger partial charge on any atom is -0.369 e. The van der Waals surface area contributed by atoms with E-state index in [4.69, 9.17) is 5.73 Å². The second kappa shape index (κ2) is 5.96. The fraction of sp³-hybridized carbons (Fsp3) is 0.647. The molecule has 0 bridgehead atoms. The van der Waals surface area contributed by atoms with Crippen molar-refractivity contribution in [1.82, 2.24) is 0 Å². The van der Waals surface area contributed by atoms with Crippen LogP contribution in [0, 0.1) is 0 Å². The highest BCUT2D eigenvalue weighted by Gasteiger charge is 2.22. The van der Waals surface area contributed by atoms with Crippen LogP contribution in [0.5, 0.6) is 0 Å². The van der Waals surface area contributed by atoms with Crippen molar-refractivity contribution in [2.45, 2.75) is 57.9 Å². The summed E-state index contributed by atoms with van der Waals surface area (Å²) in [5.41, 5.74) is 8.76. The molecule has 2 nitrogen and oxygen atoms in total. The molecule has 1 fully saturated rings. The fourth-order valence-electron chi connectivity index (χ4n) is 2.99. The van der Waals surface area contributed by atoms with Gasteiger partial charge >= 0.3 is 0 Å². The quantitative estimate of drug-likeness (QED) is 0.898. The van der Waals surface area contributed by atoms with Gasteiger partial charge in [0.15, 0.2) is 0 Å². The topological polar surface area (TPSA) is 29.3 Å². The first kappa shape index (κ1) is 14.4. The minimum absolute atomic E-state index is 0.233. The SMILES string of the molecule is CC(C)(C)c1ccc(N2CCCCC2CCN)cc1. The number of hydrogen-bond acceptors (Lipinski definition) is 2. The van der Waals surface area contributed by atoms with Gasteiger partial charge in [0.05, 0.1) is 0 Å². The standard InChI is InChI=1S/C17H28N2/c1-17(2,3)14-7-9-16(10-8-14)19-13-5-4-6-15(19)11-12-18/h7-10,15H,4-6,11-13,18H2,1-3H3. The summed E-state index contributed by atoms with van der Waals surface area (Å²) in [5.74, 6) is 0. The van der Waals surface area contributed by atoms with Crippen LogP contribution in [0.2, 0.25) is 0 Å². The van der Waals surface area contributed by atoms with Gasteiger partial charge in [-0.1, -0.05) is 32.9 Å². The Morgan fingerprint density at radius 3 is 2.42 bits per heavy atom. The van der Waals surface area contributed by atoms with Gasteiger partial charge < -0.3 is 10.6 Å². The Hall–Kier alpha value is -1.02. The maximum Gasteiger partial charge on any atom is 0.0368 e. The van der Waals surface area contributed by atoms with Crippen LogP contribution in [-0.2, 0) is 5.41 Å². The van der Waals surface area contributed by atoms with Crippen molar-refractivity contribution in [3.63, 3.8) is 0 Å². The van der Waals surface area contributed by atoms with Crippen molar-refractivity contribution in [1.29, 1.82) is 0 Å². The van der Waals surface area contributed by atoms with Crippen molar-refractivity contribution in [2.24, 2.45) is 5.73 Å². The Bertz CT molecular complexity index is 387. The zero-order valence-electron chi connectivity index (χ0n) is 12.7. The van der Waals surface area contributed by atoms with Crippen molar-refractivity contribution >= 4 is 5.69 Å². The lowest BCUT2D eigenvalue weighted by Gasteiger charge is -2.38. The number of rotatable bonds is 3. The summed E-state index contributed by atoms with van der Waals surface area (Å²) in [6, 6.07) is 9.77. The molecule has 1 aromatic carbocycles. The third-order valence-corrected chi connectivity index (χ3v) is 4.19. The summed E-state index contributed by atoms with van der Waals surface area (Å²) in [7, 11) is 0. The number of piperidine rings is 1. The monoisotopic (exact) mass is 260 g/mol. The number of nitrogens with two attached hydrogens (primary N) is 1. The third-order valence-electron chi connectivity index (χ3n) is 4.19. The molecular weight excluding hydrogens is 232 g/mol. The van der Waals surface area contributed by atoms with Gasteiger partial charge in [-0.3, -0.25) is 0 Å². The van der Waals surface area contributed by atoms with Gasteiger partial charge in [-0.2, -0.15) is 0 Å². The van der Waals surface area contributed by atoms with Gasteiger partial charge in [-0.05, 0) is 55.3 Å². The second-order valence-electron chi connectivity index (χ2n) is 6.72. The van der Waals surface area contributed by atoms with Gasteiger partial charge in [-0.15, -0.1) is 0 Å². The number of anilines is 1. The van der Waals surface area contributed by atoms with Crippen LogP contribution in [0.15, 0.2) is 24.3 Å². The third kappa shape index (κ3) is 3.50. The highest BCUT2D eigenvalue weighted by atomic mass is 15.2. The summed E-state index contributed by atoms with van der Waals surface area (Å²) >= 11 is 0. The van der Waals surface area contributed by atoms with E-state index in [1.165, 1.54) is 37.1 Å². The van der Waals surface area contributed by atoms with E-state index in [0.29, 0.717) is 6.04 Å². The molecule has 1 saturated heterocycles. The first-order valence-electron chi connectivity index (χ1n) is 7.59. The van der Waals surface area contributed by atoms with Gasteiger partial charge in [0.25, 0.3) is 0 Å². The average molecular weight is 260 g/mol. The van der Waals surface area contributed by atoms with Gasteiger partial charge in [-0.25, -0.2) is 0 Å². The molecule has 0 amide bonds. The van der Waals surface area contributed by atoms with Crippen LogP contribution in [0.4, 0.5) is 5.69 Å². The Labute approximate surface area is 118 Å². The van der Waals surface area contributed by atoms with Crippen molar-refractivity contribution in [2.75, 3.05) is 18.0 Å². The molecule has 0 aliphatic carbocycles. The molecular formula is C17H28N2. The minimum atomic E-state index is 0.233. The molecule has 1 aliphatic rings. The van der Waals surface area contributed by atoms with Crippen molar-refractivity contribution in [3.8, 4) is 0 Å². The predicted octanol–water partition coefficient (Wildman–Crippen LogP) is 3.69. The average Bonchev–Trinajstić information content (AvgIpc) is 2.39. The van der Waals surface area contributed by atoms with E-state index in [-0.39, 0.29) is 5.41 Å². The van der Waals surface area contributed by atoms with E-state index in [2.05, 4.69) is 49.9 Å². The first-order chi connectivity index (χ1) is 9.02. The van der Waals surface area contributed by atoms with Gasteiger partial charge in [0.2, 0.25) is 0 Å². The normalized spacial score (nSPS) is 20.6. The highest BCUT2D eigenvalue weighted by molar-refractivity contribution is 5.49. The van der Waals surface area contributed by atoms with E-state index in [1.807, 2.05) is 0 Å². The van der Waals surface area contributed by atoms with Crippen molar-refractivity contribution < 1.29 is 0 Å². The second-order valence-corrected chi connectivity index (χ2v) is 6.72. The lowest BCUT2D eigenvalue weighted by Crippen LogP contribution is -2.40. The molecule has 1 atom stereocenters. The maximum absolute atomic E-state index is 5.75. The van der Waals surface area contributed by atoms with Crippen LogP contribution in [0.3, 0.4) is 0 Å². The Kier molecular flexibility index (Phi) is 4.51. The van der Waals surface area contributed by atoms with Gasteiger partial charge in [0, 0.05) is 18.3 Å². The Morgan fingerprint density at radius 2 is 1.84 bits per heavy atom. The Morgan fingerprint density at radius 1 is 1.16 bits per heavy atom. The smallest absolute Gasteiger partial charge is 0.0368 e. The van der Waals surface area contributed by atoms with E-state index < -0.39 is 0 Å². The van der Waals surface area contributed by atoms with Crippen LogP contribution in [-0.4, -0.2) is 19.1 Å². The van der Waals surface area contributed by atoms with Crippen molar-refractivity contribution in [3.05, 3.63) is 29.8 Å². The highest BCUT2D eigenvalue weighted by Crippen LogP contribution is 2.29. The largest absolute Gasteiger partial charge is 0.369 e. The van der Waals surface area contributed by atoms with E-state index in [9.17, 15) is 0 Å². The summed E-state index contributed by atoms with van der Waals surface area (Å²) in [4.78, 5) is 2.56.